The van der Waals surface area contributed by atoms with Crippen LogP contribution < -0.4 is 0 Å². The number of aromatic hydroxyl groups is 5. The second-order valence-electron chi connectivity index (χ2n) is 28.9. The first-order chi connectivity index (χ1) is 50.8. The second kappa shape index (κ2) is 35.4. The van der Waals surface area contributed by atoms with Crippen LogP contribution in [0.3, 0.4) is 0 Å². The topological polar surface area (TPSA) is 242 Å². The number of carbonyl (C=O) groups is 5. The summed E-state index contributed by atoms with van der Waals surface area (Å²) in [5, 5.41) is 49.5. The SMILES string of the molecule is C=Cc1ccc(C(=O)OC2(CC)CCCC2)c(O)c1.C=Cc1ccc(O)c(C(=O)OC(C)(C)C=C)c1.C=Cc1ccc(O)c(C(=O)OC2(C)C3CC4CC(C3)CC2C4)c1.C=Cc1ccc(O)c(C(=O)OC2(c3ccccc3)CCCC2)c1.C=Cc1ccc(O)c(C(=O)OC2(c3ccccc3)CCOCC2)c1. The first-order valence-electron chi connectivity index (χ1n) is 36.5. The van der Waals surface area contributed by atoms with Crippen LogP contribution in [0.2, 0.25) is 0 Å². The summed E-state index contributed by atoms with van der Waals surface area (Å²) in [4.78, 5) is 62.1. The molecular formula is C90H100O16. The summed E-state index contributed by atoms with van der Waals surface area (Å²) in [5.74, 6) is -0.167. The minimum absolute atomic E-state index is 0.0204. The molecule has 14 rings (SSSR count). The molecule has 106 heavy (non-hydrogen) atoms. The standard InChI is InChI=1S/C20H20O4.C20H24O3.C20H20O3.C16H20O3.C14H16O3/c1-2-15-8-9-18(21)17(14-15)19(22)24-20(10-12-23-13-11-20)16-6-4-3-5-7-16;1-3-12-4-5-18(21)17(11-12)19(22)23-20(2)15-7-13-6-14(9-15)10-16(20)8-13;1-2-15-10-11-18(21)17(14-15)19(22)23-20(12-6-7-13-20)16-8-4-3-5-9-16;1-3-12-7-8-13(14(17)11-12)15(18)19-16(4-2)9-5-6-10-16;1-5-10-7-8-12(15)11(9-10)13(16)17-14(3,4)6-2/h2-9,14,21H,1,10-13H2;3-5,11,13-16,21H,1,6-10H2,2H3;2-5,8-11,14,21H,1,6-7,12-13H2;3,7-8,11,17H,1,4-6,9-10H2,2H3;5-9,15H,1-2H2,3-4H3. The van der Waals surface area contributed by atoms with E-state index in [0.717, 1.165) is 109 Å². The Morgan fingerprint density at radius 3 is 1.15 bits per heavy atom. The third-order valence-corrected chi connectivity index (χ3v) is 21.7. The molecule has 7 aromatic rings. The molecule has 4 bridgehead atoms. The molecule has 0 aromatic heterocycles. The van der Waals surface area contributed by atoms with Crippen LogP contribution in [0.5, 0.6) is 28.7 Å². The number of benzene rings is 7. The second-order valence-corrected chi connectivity index (χ2v) is 28.9. The van der Waals surface area contributed by atoms with E-state index in [0.29, 0.717) is 37.9 Å². The van der Waals surface area contributed by atoms with Crippen LogP contribution in [0.15, 0.2) is 197 Å². The Balaban J connectivity index is 0.000000154. The Morgan fingerprint density at radius 2 is 0.774 bits per heavy atom. The molecular weight excluding hydrogens is 1340 g/mol. The lowest BCUT2D eigenvalue weighted by molar-refractivity contribution is -0.165. The van der Waals surface area contributed by atoms with Crippen molar-refractivity contribution in [3.8, 4) is 28.7 Å². The molecule has 0 amide bonds. The van der Waals surface area contributed by atoms with Crippen molar-refractivity contribution >= 4 is 60.2 Å². The first kappa shape index (κ1) is 79.4. The fourth-order valence-electron chi connectivity index (χ4n) is 15.4. The third-order valence-electron chi connectivity index (χ3n) is 21.7. The molecule has 0 radical (unpaired) electrons. The van der Waals surface area contributed by atoms with Gasteiger partial charge in [0.2, 0.25) is 0 Å². The van der Waals surface area contributed by atoms with Crippen molar-refractivity contribution in [1.29, 1.82) is 0 Å². The van der Waals surface area contributed by atoms with E-state index in [2.05, 4.69) is 46.4 Å². The zero-order chi connectivity index (χ0) is 76.4. The molecule has 1 aliphatic heterocycles. The zero-order valence-electron chi connectivity index (χ0n) is 61.4. The molecule has 0 atom stereocenters. The monoisotopic (exact) mass is 1440 g/mol. The first-order valence-corrected chi connectivity index (χ1v) is 36.5. The number of hydrogen-bond donors (Lipinski definition) is 5. The number of esters is 5. The fraction of sp³-hybridized carbons (Fsp3) is 0.344. The lowest BCUT2D eigenvalue weighted by Crippen LogP contribution is -2.58. The molecule has 16 nitrogen and oxygen atoms in total. The van der Waals surface area contributed by atoms with Gasteiger partial charge in [0, 0.05) is 12.8 Å². The van der Waals surface area contributed by atoms with Gasteiger partial charge in [-0.05, 0) is 240 Å². The Bertz CT molecular complexity index is 4290. The predicted octanol–water partition coefficient (Wildman–Crippen LogP) is 20.0. The molecule has 0 spiro atoms. The molecule has 556 valence electrons. The fourth-order valence-corrected chi connectivity index (χ4v) is 15.4. The van der Waals surface area contributed by atoms with Crippen LogP contribution in [0, 0.1) is 23.7 Å². The summed E-state index contributed by atoms with van der Waals surface area (Å²) in [6.45, 7) is 30.5. The molecule has 5 N–H and O–H groups in total. The number of phenolic OH excluding ortho intramolecular Hbond substituents is 5. The maximum Gasteiger partial charge on any atom is 0.342 e. The van der Waals surface area contributed by atoms with E-state index in [1.807, 2.05) is 67.6 Å². The summed E-state index contributed by atoms with van der Waals surface area (Å²) in [6, 6.07) is 43.6. The van der Waals surface area contributed by atoms with E-state index < -0.39 is 46.6 Å². The van der Waals surface area contributed by atoms with E-state index in [1.54, 1.807) is 98.8 Å². The van der Waals surface area contributed by atoms with Crippen LogP contribution in [-0.2, 0) is 39.6 Å². The molecule has 6 saturated carbocycles. The summed E-state index contributed by atoms with van der Waals surface area (Å²) in [7, 11) is 0. The van der Waals surface area contributed by atoms with Crippen LogP contribution in [-0.4, -0.2) is 85.4 Å². The van der Waals surface area contributed by atoms with Crippen molar-refractivity contribution in [3.63, 3.8) is 0 Å². The minimum atomic E-state index is -0.770. The summed E-state index contributed by atoms with van der Waals surface area (Å²) >= 11 is 0. The van der Waals surface area contributed by atoms with E-state index >= 15 is 0 Å². The molecule has 1 saturated heterocycles. The van der Waals surface area contributed by atoms with Crippen LogP contribution in [0.1, 0.15) is 221 Å². The minimum Gasteiger partial charge on any atom is -0.507 e. The third kappa shape index (κ3) is 19.2. The Kier molecular flexibility index (Phi) is 26.5. The maximum absolute atomic E-state index is 12.7. The number of carbonyl (C=O) groups excluding carboxylic acids is 5. The molecule has 7 aromatic carbocycles. The molecule has 0 unspecified atom stereocenters. The van der Waals surface area contributed by atoms with Crippen molar-refractivity contribution in [2.24, 2.45) is 23.7 Å². The Hall–Kier alpha value is -10.7. The van der Waals surface area contributed by atoms with Gasteiger partial charge in [0.25, 0.3) is 0 Å². The van der Waals surface area contributed by atoms with Crippen molar-refractivity contribution < 1.29 is 77.9 Å². The van der Waals surface area contributed by atoms with E-state index in [9.17, 15) is 49.5 Å². The van der Waals surface area contributed by atoms with Crippen LogP contribution in [0.4, 0.5) is 0 Å². The number of rotatable bonds is 19. The molecule has 6 aliphatic carbocycles. The molecule has 16 heteroatoms. The average molecular weight is 1440 g/mol. The average Bonchev–Trinajstić information content (AvgIpc) is 0.851. The zero-order valence-corrected chi connectivity index (χ0v) is 61.4. The van der Waals surface area contributed by atoms with Gasteiger partial charge >= 0.3 is 29.8 Å². The maximum atomic E-state index is 12.7. The van der Waals surface area contributed by atoms with Crippen LogP contribution in [0.25, 0.3) is 30.4 Å². The van der Waals surface area contributed by atoms with Gasteiger partial charge in [0.1, 0.15) is 84.6 Å². The van der Waals surface area contributed by atoms with Crippen molar-refractivity contribution in [3.05, 3.63) is 264 Å². The normalized spacial score (nSPS) is 20.1. The van der Waals surface area contributed by atoms with Crippen LogP contribution >= 0.6 is 0 Å². The van der Waals surface area contributed by atoms with E-state index in [1.165, 1.54) is 74.6 Å². The van der Waals surface area contributed by atoms with Crippen molar-refractivity contribution in [2.45, 2.75) is 158 Å². The molecule has 7 aliphatic rings. The highest BCUT2D eigenvalue weighted by molar-refractivity contribution is 5.96. The van der Waals surface area contributed by atoms with Gasteiger partial charge in [-0.2, -0.15) is 0 Å². The highest BCUT2D eigenvalue weighted by Gasteiger charge is 2.57. The van der Waals surface area contributed by atoms with E-state index in [-0.39, 0.29) is 67.8 Å². The lowest BCUT2D eigenvalue weighted by atomic mass is 9.50. The van der Waals surface area contributed by atoms with Gasteiger partial charge in [0.05, 0.1) is 13.2 Å². The highest BCUT2D eigenvalue weighted by atomic mass is 16.6. The summed E-state index contributed by atoms with van der Waals surface area (Å²) < 4.78 is 34.2. The largest absolute Gasteiger partial charge is 0.507 e. The number of phenols is 5. The highest BCUT2D eigenvalue weighted by Crippen LogP contribution is 2.60. The lowest BCUT2D eigenvalue weighted by Gasteiger charge is -2.59. The Morgan fingerprint density at radius 1 is 0.425 bits per heavy atom. The summed E-state index contributed by atoms with van der Waals surface area (Å²) in [5.41, 5.74) is 3.95. The van der Waals surface area contributed by atoms with Gasteiger partial charge in [-0.25, -0.2) is 24.0 Å². The molecule has 7 fully saturated rings. The van der Waals surface area contributed by atoms with Gasteiger partial charge in [-0.15, -0.1) is 0 Å². The smallest absolute Gasteiger partial charge is 0.342 e. The van der Waals surface area contributed by atoms with Gasteiger partial charge in [-0.3, -0.25) is 0 Å². The van der Waals surface area contributed by atoms with Gasteiger partial charge in [-0.1, -0.05) is 168 Å². The number of hydrogen-bond acceptors (Lipinski definition) is 16. The molecule has 1 heterocycles. The summed E-state index contributed by atoms with van der Waals surface area (Å²) in [6.07, 6.45) is 25.5. The number of ether oxygens (including phenoxy) is 6. The van der Waals surface area contributed by atoms with Gasteiger partial charge in [0.15, 0.2) is 0 Å². The predicted molar refractivity (Wildman–Crippen MR) is 414 cm³/mol. The van der Waals surface area contributed by atoms with Gasteiger partial charge < -0.3 is 54.0 Å². The Labute approximate surface area is 623 Å². The van der Waals surface area contributed by atoms with Crippen molar-refractivity contribution in [1.82, 2.24) is 0 Å². The van der Waals surface area contributed by atoms with E-state index in [4.69, 9.17) is 28.4 Å². The quantitative estimate of drug-likeness (QED) is 0.0287. The van der Waals surface area contributed by atoms with Crippen molar-refractivity contribution in [2.75, 3.05) is 13.2 Å².